The second kappa shape index (κ2) is 7.52. The second-order valence-electron chi connectivity index (χ2n) is 5.03. The van der Waals surface area contributed by atoms with E-state index in [-0.39, 0.29) is 5.92 Å². The van der Waals surface area contributed by atoms with Gasteiger partial charge in [0.25, 0.3) is 5.91 Å². The summed E-state index contributed by atoms with van der Waals surface area (Å²) in [5, 5.41) is 11.2. The summed E-state index contributed by atoms with van der Waals surface area (Å²) >= 11 is 0. The molecule has 116 valence electrons. The summed E-state index contributed by atoms with van der Waals surface area (Å²) in [6.45, 7) is 5.07. The molecule has 0 fully saturated rings. The van der Waals surface area contributed by atoms with Gasteiger partial charge in [-0.3, -0.25) is 9.59 Å². The number of ether oxygens (including phenoxy) is 2. The molecule has 0 heterocycles. The standard InChI is InChI=1S/C15H21NO5/c1-9(2)13(14(17)16-10(3)15(18)19)21-12-7-5-11(20-4)6-8-12/h5-10,13H,1-4H3,(H,16,17)(H,18,19). The molecule has 6 nitrogen and oxygen atoms in total. The van der Waals surface area contributed by atoms with Crippen molar-refractivity contribution in [3.63, 3.8) is 0 Å². The SMILES string of the molecule is COc1ccc(OC(C(=O)NC(C)C(=O)O)C(C)C)cc1. The van der Waals surface area contributed by atoms with Crippen LogP contribution in [-0.4, -0.2) is 36.2 Å². The average Bonchev–Trinajstić information content (AvgIpc) is 2.44. The summed E-state index contributed by atoms with van der Waals surface area (Å²) < 4.78 is 10.7. The molecule has 2 unspecified atom stereocenters. The van der Waals surface area contributed by atoms with Crippen LogP contribution in [0, 0.1) is 5.92 Å². The molecule has 0 saturated heterocycles. The molecule has 1 aromatic carbocycles. The van der Waals surface area contributed by atoms with Crippen LogP contribution in [0.15, 0.2) is 24.3 Å². The van der Waals surface area contributed by atoms with Crippen molar-refractivity contribution in [2.45, 2.75) is 32.9 Å². The van der Waals surface area contributed by atoms with Crippen LogP contribution in [0.4, 0.5) is 0 Å². The van der Waals surface area contributed by atoms with Crippen LogP contribution in [0.2, 0.25) is 0 Å². The lowest BCUT2D eigenvalue weighted by molar-refractivity contribution is -0.143. The molecule has 2 N–H and O–H groups in total. The van der Waals surface area contributed by atoms with Crippen molar-refractivity contribution in [3.05, 3.63) is 24.3 Å². The van der Waals surface area contributed by atoms with E-state index in [4.69, 9.17) is 14.6 Å². The van der Waals surface area contributed by atoms with Gasteiger partial charge in [-0.1, -0.05) is 13.8 Å². The number of hydrogen-bond acceptors (Lipinski definition) is 4. The average molecular weight is 295 g/mol. The van der Waals surface area contributed by atoms with Crippen molar-refractivity contribution in [1.82, 2.24) is 5.32 Å². The molecule has 1 amide bonds. The highest BCUT2D eigenvalue weighted by Crippen LogP contribution is 2.20. The number of carbonyl (C=O) groups excluding carboxylic acids is 1. The van der Waals surface area contributed by atoms with E-state index < -0.39 is 24.0 Å². The molecule has 0 spiro atoms. The normalized spacial score (nSPS) is 13.4. The largest absolute Gasteiger partial charge is 0.497 e. The Labute approximate surface area is 124 Å². The van der Waals surface area contributed by atoms with Gasteiger partial charge in [-0.05, 0) is 37.1 Å². The van der Waals surface area contributed by atoms with Crippen molar-refractivity contribution in [2.75, 3.05) is 7.11 Å². The van der Waals surface area contributed by atoms with Crippen molar-refractivity contribution in [2.24, 2.45) is 5.92 Å². The first kappa shape index (κ1) is 16.8. The maximum Gasteiger partial charge on any atom is 0.325 e. The number of amides is 1. The Hall–Kier alpha value is -2.24. The third kappa shape index (κ3) is 4.98. The van der Waals surface area contributed by atoms with E-state index >= 15 is 0 Å². The number of carboxylic acid groups (broad SMARTS) is 1. The van der Waals surface area contributed by atoms with Gasteiger partial charge < -0.3 is 19.9 Å². The predicted molar refractivity (Wildman–Crippen MR) is 77.5 cm³/mol. The first-order valence-electron chi connectivity index (χ1n) is 6.69. The molecule has 1 aromatic rings. The summed E-state index contributed by atoms with van der Waals surface area (Å²) in [6, 6.07) is 5.89. The van der Waals surface area contributed by atoms with E-state index in [9.17, 15) is 9.59 Å². The molecule has 1 rings (SSSR count). The van der Waals surface area contributed by atoms with Crippen LogP contribution < -0.4 is 14.8 Å². The van der Waals surface area contributed by atoms with Gasteiger partial charge in [-0.15, -0.1) is 0 Å². The topological polar surface area (TPSA) is 84.9 Å². The zero-order chi connectivity index (χ0) is 16.0. The summed E-state index contributed by atoms with van der Waals surface area (Å²) in [5.41, 5.74) is 0. The van der Waals surface area contributed by atoms with Gasteiger partial charge in [0.1, 0.15) is 17.5 Å². The molecule has 0 bridgehead atoms. The van der Waals surface area contributed by atoms with Gasteiger partial charge >= 0.3 is 5.97 Å². The molecular weight excluding hydrogens is 274 g/mol. The first-order valence-corrected chi connectivity index (χ1v) is 6.69. The summed E-state index contributed by atoms with van der Waals surface area (Å²) in [7, 11) is 1.56. The smallest absolute Gasteiger partial charge is 0.325 e. The van der Waals surface area contributed by atoms with Gasteiger partial charge in [0.2, 0.25) is 0 Å². The lowest BCUT2D eigenvalue weighted by Gasteiger charge is -2.23. The molecule has 0 aliphatic carbocycles. The number of nitrogens with one attached hydrogen (secondary N) is 1. The van der Waals surface area contributed by atoms with Crippen LogP contribution in [0.1, 0.15) is 20.8 Å². The highest BCUT2D eigenvalue weighted by molar-refractivity contribution is 5.86. The monoisotopic (exact) mass is 295 g/mol. The highest BCUT2D eigenvalue weighted by atomic mass is 16.5. The third-order valence-electron chi connectivity index (χ3n) is 2.92. The Morgan fingerprint density at radius 3 is 2.05 bits per heavy atom. The maximum absolute atomic E-state index is 12.1. The van der Waals surface area contributed by atoms with Crippen LogP contribution in [0.3, 0.4) is 0 Å². The Morgan fingerprint density at radius 2 is 1.62 bits per heavy atom. The van der Waals surface area contributed by atoms with Gasteiger partial charge in [-0.2, -0.15) is 0 Å². The van der Waals surface area contributed by atoms with E-state index in [1.165, 1.54) is 6.92 Å². The number of carboxylic acids is 1. The molecular formula is C15H21NO5. The summed E-state index contributed by atoms with van der Waals surface area (Å²) in [4.78, 5) is 22.9. The Bertz CT molecular complexity index is 483. The molecule has 0 radical (unpaired) electrons. The van der Waals surface area contributed by atoms with Gasteiger partial charge in [-0.25, -0.2) is 0 Å². The van der Waals surface area contributed by atoms with E-state index in [0.29, 0.717) is 11.5 Å². The first-order chi connectivity index (χ1) is 9.85. The number of benzene rings is 1. The summed E-state index contributed by atoms with van der Waals surface area (Å²) in [5.74, 6) is -0.431. The van der Waals surface area contributed by atoms with E-state index in [1.54, 1.807) is 31.4 Å². The fourth-order valence-corrected chi connectivity index (χ4v) is 1.65. The number of rotatable bonds is 7. The zero-order valence-corrected chi connectivity index (χ0v) is 12.6. The van der Waals surface area contributed by atoms with Gasteiger partial charge in [0.05, 0.1) is 7.11 Å². The lowest BCUT2D eigenvalue weighted by Crippen LogP contribution is -2.47. The van der Waals surface area contributed by atoms with Gasteiger partial charge in [0.15, 0.2) is 6.10 Å². The van der Waals surface area contributed by atoms with Crippen molar-refractivity contribution in [1.29, 1.82) is 0 Å². The van der Waals surface area contributed by atoms with E-state index in [1.807, 2.05) is 13.8 Å². The minimum absolute atomic E-state index is 0.104. The minimum atomic E-state index is -1.09. The van der Waals surface area contributed by atoms with E-state index in [2.05, 4.69) is 5.32 Å². The van der Waals surface area contributed by atoms with Crippen LogP contribution >= 0.6 is 0 Å². The molecule has 0 saturated carbocycles. The molecule has 0 aromatic heterocycles. The summed E-state index contributed by atoms with van der Waals surface area (Å²) in [6.07, 6.45) is -0.764. The Kier molecular flexibility index (Phi) is 6.02. The molecule has 21 heavy (non-hydrogen) atoms. The number of hydrogen-bond donors (Lipinski definition) is 2. The second-order valence-corrected chi connectivity index (χ2v) is 5.03. The number of methoxy groups -OCH3 is 1. The molecule has 6 heteroatoms. The predicted octanol–water partition coefficient (Wildman–Crippen LogP) is 1.69. The fourth-order valence-electron chi connectivity index (χ4n) is 1.65. The van der Waals surface area contributed by atoms with Gasteiger partial charge in [0, 0.05) is 0 Å². The highest BCUT2D eigenvalue weighted by Gasteiger charge is 2.27. The quantitative estimate of drug-likeness (QED) is 0.799. The van der Waals surface area contributed by atoms with Crippen molar-refractivity contribution < 1.29 is 24.2 Å². The van der Waals surface area contributed by atoms with Crippen LogP contribution in [0.25, 0.3) is 0 Å². The Balaban J connectivity index is 2.76. The van der Waals surface area contributed by atoms with Crippen molar-refractivity contribution >= 4 is 11.9 Å². The molecule has 0 aliphatic rings. The maximum atomic E-state index is 12.1. The Morgan fingerprint density at radius 1 is 1.10 bits per heavy atom. The molecule has 0 aliphatic heterocycles. The fraction of sp³-hybridized carbons (Fsp3) is 0.467. The van der Waals surface area contributed by atoms with E-state index in [0.717, 1.165) is 0 Å². The molecule has 2 atom stereocenters. The van der Waals surface area contributed by atoms with Crippen LogP contribution in [0.5, 0.6) is 11.5 Å². The number of aliphatic carboxylic acids is 1. The lowest BCUT2D eigenvalue weighted by atomic mass is 10.1. The van der Waals surface area contributed by atoms with Crippen LogP contribution in [-0.2, 0) is 9.59 Å². The number of carbonyl (C=O) groups is 2. The third-order valence-corrected chi connectivity index (χ3v) is 2.92. The minimum Gasteiger partial charge on any atom is -0.497 e. The zero-order valence-electron chi connectivity index (χ0n) is 12.6. The van der Waals surface area contributed by atoms with Crippen molar-refractivity contribution in [3.8, 4) is 11.5 Å².